The number of hydrogen-bond acceptors (Lipinski definition) is 1. The van der Waals surface area contributed by atoms with Gasteiger partial charge in [0.25, 0.3) is 5.78 Å². The zero-order valence-electron chi connectivity index (χ0n) is 7.23. The molecule has 78 valence electrons. The zero-order chi connectivity index (χ0) is 10.9. The fourth-order valence-electron chi connectivity index (χ4n) is 1.08. The third-order valence-electron chi connectivity index (χ3n) is 1.71. The van der Waals surface area contributed by atoms with Gasteiger partial charge in [-0.25, -0.2) is 0 Å². The van der Waals surface area contributed by atoms with Crippen molar-refractivity contribution in [1.29, 1.82) is 0 Å². The first-order valence-corrected chi connectivity index (χ1v) is 4.22. The fraction of sp³-hybridized carbons (Fsp3) is 0.375. The molecule has 0 saturated heterocycles. The Bertz CT molecular complexity index is 356. The molecule has 0 spiro atoms. The van der Waals surface area contributed by atoms with Crippen LogP contribution in [0.4, 0.5) is 13.2 Å². The summed E-state index contributed by atoms with van der Waals surface area (Å²) in [5.74, 6) is -1.77. The minimum atomic E-state index is -4.84. The highest BCUT2D eigenvalue weighted by molar-refractivity contribution is 6.17. The maximum absolute atomic E-state index is 12.0. The maximum atomic E-state index is 12.0. The van der Waals surface area contributed by atoms with Gasteiger partial charge in [-0.3, -0.25) is 4.79 Å². The zero-order valence-corrected chi connectivity index (χ0v) is 7.99. The van der Waals surface area contributed by atoms with Crippen LogP contribution in [-0.4, -0.2) is 16.5 Å². The first kappa shape index (κ1) is 11.1. The molecule has 0 aliphatic carbocycles. The van der Waals surface area contributed by atoms with E-state index in [1.807, 2.05) is 0 Å². The summed E-state index contributed by atoms with van der Waals surface area (Å²) in [6.45, 7) is 0. The summed E-state index contributed by atoms with van der Waals surface area (Å²) < 4.78 is 37.2. The SMILES string of the molecule is Cn1cc(CCl)cc1C(=O)C(F)(F)F. The Morgan fingerprint density at radius 3 is 2.50 bits per heavy atom. The fourth-order valence-corrected chi connectivity index (χ4v) is 1.22. The number of alkyl halides is 4. The van der Waals surface area contributed by atoms with Gasteiger partial charge in [-0.05, 0) is 11.6 Å². The summed E-state index contributed by atoms with van der Waals surface area (Å²) in [7, 11) is 1.37. The van der Waals surface area contributed by atoms with Crippen LogP contribution in [0.3, 0.4) is 0 Å². The average molecular weight is 226 g/mol. The van der Waals surface area contributed by atoms with E-state index in [9.17, 15) is 18.0 Å². The van der Waals surface area contributed by atoms with Crippen molar-refractivity contribution in [3.63, 3.8) is 0 Å². The Labute approximate surface area is 83.3 Å². The monoisotopic (exact) mass is 225 g/mol. The molecule has 0 N–H and O–H groups in total. The van der Waals surface area contributed by atoms with Gasteiger partial charge in [-0.15, -0.1) is 11.6 Å². The third kappa shape index (κ3) is 2.09. The molecule has 0 aliphatic rings. The summed E-state index contributed by atoms with van der Waals surface area (Å²) in [6.07, 6.45) is -3.44. The van der Waals surface area contributed by atoms with Crippen molar-refractivity contribution in [2.75, 3.05) is 0 Å². The van der Waals surface area contributed by atoms with Crippen molar-refractivity contribution in [2.45, 2.75) is 12.1 Å². The molecule has 6 heteroatoms. The normalized spacial score (nSPS) is 11.8. The van der Waals surface area contributed by atoms with E-state index < -0.39 is 17.7 Å². The van der Waals surface area contributed by atoms with Gasteiger partial charge in [0.15, 0.2) is 0 Å². The second-order valence-electron chi connectivity index (χ2n) is 2.81. The number of hydrogen-bond donors (Lipinski definition) is 0. The summed E-state index contributed by atoms with van der Waals surface area (Å²) in [6, 6.07) is 1.14. The molecule has 0 aliphatic heterocycles. The Morgan fingerprint density at radius 2 is 2.14 bits per heavy atom. The molecule has 1 heterocycles. The molecule has 14 heavy (non-hydrogen) atoms. The number of Topliss-reactive ketones (excluding diaryl/α,β-unsaturated/α-hetero) is 1. The third-order valence-corrected chi connectivity index (χ3v) is 2.01. The second-order valence-corrected chi connectivity index (χ2v) is 3.07. The summed E-state index contributed by atoms with van der Waals surface area (Å²) >= 11 is 5.43. The maximum Gasteiger partial charge on any atom is 0.456 e. The highest BCUT2D eigenvalue weighted by Crippen LogP contribution is 2.22. The highest BCUT2D eigenvalue weighted by atomic mass is 35.5. The van der Waals surface area contributed by atoms with Gasteiger partial charge >= 0.3 is 6.18 Å². The molecule has 0 bridgehead atoms. The Kier molecular flexibility index (Phi) is 2.89. The first-order chi connectivity index (χ1) is 6.36. The van der Waals surface area contributed by atoms with Crippen LogP contribution in [0.15, 0.2) is 12.3 Å². The number of carbonyl (C=O) groups is 1. The standard InChI is InChI=1S/C8H7ClF3NO/c1-13-4-5(3-9)2-6(13)7(14)8(10,11)12/h2,4H,3H2,1H3. The molecule has 0 fully saturated rings. The van der Waals surface area contributed by atoms with Gasteiger partial charge in [-0.2, -0.15) is 13.2 Å². The lowest BCUT2D eigenvalue weighted by atomic mass is 10.2. The highest BCUT2D eigenvalue weighted by Gasteiger charge is 2.40. The van der Waals surface area contributed by atoms with Gasteiger partial charge in [-0.1, -0.05) is 0 Å². The van der Waals surface area contributed by atoms with Crippen LogP contribution in [0, 0.1) is 0 Å². The minimum Gasteiger partial charge on any atom is -0.348 e. The molecule has 2 nitrogen and oxygen atoms in total. The second kappa shape index (κ2) is 3.65. The molecule has 0 amide bonds. The number of aryl methyl sites for hydroxylation is 1. The van der Waals surface area contributed by atoms with Crippen molar-refractivity contribution < 1.29 is 18.0 Å². The van der Waals surface area contributed by atoms with Crippen molar-refractivity contribution in [3.05, 3.63) is 23.5 Å². The van der Waals surface area contributed by atoms with Crippen molar-refractivity contribution in [1.82, 2.24) is 4.57 Å². The molecule has 1 rings (SSSR count). The van der Waals surface area contributed by atoms with Crippen molar-refractivity contribution in [2.24, 2.45) is 7.05 Å². The molecule has 1 aromatic rings. The van der Waals surface area contributed by atoms with Gasteiger partial charge in [0.1, 0.15) is 0 Å². The van der Waals surface area contributed by atoms with Crippen LogP contribution in [0.1, 0.15) is 16.1 Å². The largest absolute Gasteiger partial charge is 0.456 e. The molecular weight excluding hydrogens is 219 g/mol. The molecule has 0 saturated carbocycles. The lowest BCUT2D eigenvalue weighted by molar-refractivity contribution is -0.0890. The number of nitrogens with zero attached hydrogens (tertiary/aromatic N) is 1. The van der Waals surface area contributed by atoms with Crippen LogP contribution in [0.2, 0.25) is 0 Å². The Balaban J connectivity index is 3.07. The quantitative estimate of drug-likeness (QED) is 0.560. The van der Waals surface area contributed by atoms with E-state index in [1.165, 1.54) is 13.2 Å². The molecule has 1 aromatic heterocycles. The predicted molar refractivity (Wildman–Crippen MR) is 45.4 cm³/mol. The molecule has 0 unspecified atom stereocenters. The van der Waals surface area contributed by atoms with Crippen LogP contribution in [-0.2, 0) is 12.9 Å². The van der Waals surface area contributed by atoms with E-state index in [0.29, 0.717) is 5.56 Å². The van der Waals surface area contributed by atoms with E-state index in [2.05, 4.69) is 0 Å². The summed E-state index contributed by atoms with van der Waals surface area (Å²) in [5, 5.41) is 0. The van der Waals surface area contributed by atoms with Crippen LogP contribution >= 0.6 is 11.6 Å². The smallest absolute Gasteiger partial charge is 0.348 e. The average Bonchev–Trinajstić information content (AvgIpc) is 2.43. The number of carbonyl (C=O) groups excluding carboxylic acids is 1. The summed E-state index contributed by atoms with van der Waals surface area (Å²) in [5.41, 5.74) is 0.0925. The number of rotatable bonds is 2. The van der Waals surface area contributed by atoms with E-state index in [0.717, 1.165) is 10.6 Å². The number of ketones is 1. The van der Waals surface area contributed by atoms with Crippen LogP contribution in [0.5, 0.6) is 0 Å². The number of aromatic nitrogens is 1. The van der Waals surface area contributed by atoms with Crippen molar-refractivity contribution in [3.8, 4) is 0 Å². The van der Waals surface area contributed by atoms with E-state index in [4.69, 9.17) is 11.6 Å². The van der Waals surface area contributed by atoms with E-state index in [-0.39, 0.29) is 5.88 Å². The van der Waals surface area contributed by atoms with Crippen molar-refractivity contribution >= 4 is 17.4 Å². The van der Waals surface area contributed by atoms with Gasteiger partial charge in [0.05, 0.1) is 5.69 Å². The van der Waals surface area contributed by atoms with Gasteiger partial charge in [0, 0.05) is 19.1 Å². The van der Waals surface area contributed by atoms with E-state index >= 15 is 0 Å². The number of halogens is 4. The molecule has 0 atom stereocenters. The minimum absolute atomic E-state index is 0.0823. The van der Waals surface area contributed by atoms with Gasteiger partial charge < -0.3 is 4.57 Å². The predicted octanol–water partition coefficient (Wildman–Crippen LogP) is 2.51. The molecule has 0 aromatic carbocycles. The summed E-state index contributed by atoms with van der Waals surface area (Å²) in [4.78, 5) is 10.8. The first-order valence-electron chi connectivity index (χ1n) is 3.69. The van der Waals surface area contributed by atoms with Gasteiger partial charge in [0.2, 0.25) is 0 Å². The van der Waals surface area contributed by atoms with Crippen LogP contribution in [0.25, 0.3) is 0 Å². The van der Waals surface area contributed by atoms with Crippen LogP contribution < -0.4 is 0 Å². The van der Waals surface area contributed by atoms with E-state index in [1.54, 1.807) is 0 Å². The molecule has 0 radical (unpaired) electrons. The molecular formula is C8H7ClF3NO. The topological polar surface area (TPSA) is 22.0 Å². The lowest BCUT2D eigenvalue weighted by Crippen LogP contribution is -2.24. The Morgan fingerprint density at radius 1 is 1.57 bits per heavy atom. The lowest BCUT2D eigenvalue weighted by Gasteiger charge is -2.04. The Hall–Kier alpha value is -0.970.